The predicted octanol–water partition coefficient (Wildman–Crippen LogP) is 4.23. The monoisotopic (exact) mass is 349 g/mol. The van der Waals surface area contributed by atoms with Crippen molar-refractivity contribution in [1.29, 1.82) is 0 Å². The molecule has 2 aromatic rings. The average Bonchev–Trinajstić information content (AvgIpc) is 2.40. The van der Waals surface area contributed by atoms with Crippen LogP contribution in [0.1, 0.15) is 32.0 Å². The summed E-state index contributed by atoms with van der Waals surface area (Å²) in [6, 6.07) is 5.91. The van der Waals surface area contributed by atoms with Gasteiger partial charge in [0.15, 0.2) is 0 Å². The summed E-state index contributed by atoms with van der Waals surface area (Å²) in [4.78, 5) is 8.65. The minimum absolute atomic E-state index is 0.0591. The Labute approximate surface area is 134 Å². The maximum Gasteiger partial charge on any atom is 0.237 e. The summed E-state index contributed by atoms with van der Waals surface area (Å²) in [6.45, 7) is 9.07. The van der Waals surface area contributed by atoms with Gasteiger partial charge in [0.25, 0.3) is 0 Å². The van der Waals surface area contributed by atoms with E-state index in [4.69, 9.17) is 4.74 Å². The third-order valence-electron chi connectivity index (χ3n) is 2.78. The predicted molar refractivity (Wildman–Crippen MR) is 87.6 cm³/mol. The number of aromatic nitrogens is 2. The van der Waals surface area contributed by atoms with Crippen LogP contribution in [0.25, 0.3) is 0 Å². The highest BCUT2D eigenvalue weighted by atomic mass is 79.9. The molecule has 21 heavy (non-hydrogen) atoms. The van der Waals surface area contributed by atoms with Gasteiger partial charge in [0.1, 0.15) is 5.75 Å². The lowest BCUT2D eigenvalue weighted by Gasteiger charge is -2.19. The molecule has 0 radical (unpaired) electrons. The number of nitrogens with zero attached hydrogens (tertiary/aromatic N) is 2. The van der Waals surface area contributed by atoms with Gasteiger partial charge in [0.2, 0.25) is 5.88 Å². The maximum atomic E-state index is 5.72. The lowest BCUT2D eigenvalue weighted by Crippen LogP contribution is -2.35. The Hall–Kier alpha value is -1.46. The third kappa shape index (κ3) is 5.10. The Bertz CT molecular complexity index is 606. The zero-order valence-corrected chi connectivity index (χ0v) is 14.4. The second kappa shape index (κ2) is 6.54. The Morgan fingerprint density at radius 2 is 1.95 bits per heavy atom. The van der Waals surface area contributed by atoms with Gasteiger partial charge in [0, 0.05) is 12.1 Å². The number of nitrogens with one attached hydrogen (secondary N) is 1. The number of aryl methyl sites for hydroxylation is 1. The molecule has 0 aliphatic rings. The standard InChI is InChI=1S/C16H20BrN3O/c1-11-5-6-14(13(17)7-11)21-15-10-18-12(8-19-15)9-20-16(2,3)4/h5-8,10,20H,9H2,1-4H3. The molecule has 2 rings (SSSR count). The fraction of sp³-hybridized carbons (Fsp3) is 0.375. The van der Waals surface area contributed by atoms with E-state index in [1.54, 1.807) is 12.4 Å². The number of rotatable bonds is 4. The van der Waals surface area contributed by atoms with Gasteiger partial charge in [-0.1, -0.05) is 6.07 Å². The first-order valence-corrected chi connectivity index (χ1v) is 7.63. The Balaban J connectivity index is 2.02. The van der Waals surface area contributed by atoms with E-state index in [-0.39, 0.29) is 5.54 Å². The van der Waals surface area contributed by atoms with Gasteiger partial charge in [-0.3, -0.25) is 4.98 Å². The van der Waals surface area contributed by atoms with Crippen molar-refractivity contribution in [3.8, 4) is 11.6 Å². The van der Waals surface area contributed by atoms with Crippen LogP contribution in [0.2, 0.25) is 0 Å². The molecule has 0 bridgehead atoms. The maximum absolute atomic E-state index is 5.72. The van der Waals surface area contributed by atoms with Gasteiger partial charge < -0.3 is 10.1 Å². The van der Waals surface area contributed by atoms with E-state index in [1.165, 1.54) is 5.56 Å². The molecule has 1 N–H and O–H groups in total. The van der Waals surface area contributed by atoms with Crippen LogP contribution in [-0.2, 0) is 6.54 Å². The van der Waals surface area contributed by atoms with Crippen molar-refractivity contribution in [1.82, 2.24) is 15.3 Å². The van der Waals surface area contributed by atoms with E-state index in [1.807, 2.05) is 25.1 Å². The van der Waals surface area contributed by atoms with Crippen molar-refractivity contribution in [2.45, 2.75) is 39.8 Å². The molecule has 1 heterocycles. The second-order valence-electron chi connectivity index (χ2n) is 5.99. The van der Waals surface area contributed by atoms with Crippen LogP contribution in [-0.4, -0.2) is 15.5 Å². The topological polar surface area (TPSA) is 47.0 Å². The molecule has 0 spiro atoms. The summed E-state index contributed by atoms with van der Waals surface area (Å²) < 4.78 is 6.63. The fourth-order valence-electron chi connectivity index (χ4n) is 1.64. The molecule has 0 aliphatic heterocycles. The van der Waals surface area contributed by atoms with Gasteiger partial charge in [0.05, 0.1) is 22.6 Å². The van der Waals surface area contributed by atoms with Gasteiger partial charge >= 0.3 is 0 Å². The number of hydrogen-bond donors (Lipinski definition) is 1. The highest BCUT2D eigenvalue weighted by Crippen LogP contribution is 2.29. The molecule has 112 valence electrons. The molecule has 0 aliphatic carbocycles. The lowest BCUT2D eigenvalue weighted by molar-refractivity contribution is 0.418. The van der Waals surface area contributed by atoms with Crippen LogP contribution in [0.15, 0.2) is 35.1 Å². The van der Waals surface area contributed by atoms with Gasteiger partial charge in [-0.15, -0.1) is 0 Å². The van der Waals surface area contributed by atoms with E-state index in [2.05, 4.69) is 52.0 Å². The quantitative estimate of drug-likeness (QED) is 0.897. The minimum atomic E-state index is 0.0591. The Morgan fingerprint density at radius 1 is 1.19 bits per heavy atom. The average molecular weight is 350 g/mol. The fourth-order valence-corrected chi connectivity index (χ4v) is 2.22. The zero-order chi connectivity index (χ0) is 15.5. The molecule has 5 heteroatoms. The molecule has 1 aromatic carbocycles. The summed E-state index contributed by atoms with van der Waals surface area (Å²) in [5.41, 5.74) is 2.12. The molecular formula is C16H20BrN3O. The molecule has 0 fully saturated rings. The number of ether oxygens (including phenoxy) is 1. The molecule has 0 saturated carbocycles. The first-order valence-electron chi connectivity index (χ1n) is 6.83. The summed E-state index contributed by atoms with van der Waals surface area (Å²) in [5.74, 6) is 1.22. The molecule has 0 saturated heterocycles. The molecule has 1 aromatic heterocycles. The molecule has 0 unspecified atom stereocenters. The first-order chi connectivity index (χ1) is 9.83. The summed E-state index contributed by atoms with van der Waals surface area (Å²) in [7, 11) is 0. The summed E-state index contributed by atoms with van der Waals surface area (Å²) in [6.07, 6.45) is 3.38. The van der Waals surface area contributed by atoms with E-state index in [0.29, 0.717) is 12.4 Å². The van der Waals surface area contributed by atoms with Crippen LogP contribution >= 0.6 is 15.9 Å². The number of benzene rings is 1. The van der Waals surface area contributed by atoms with Gasteiger partial charge in [-0.2, -0.15) is 0 Å². The Kier molecular flexibility index (Phi) is 4.96. The van der Waals surface area contributed by atoms with Crippen LogP contribution in [0.3, 0.4) is 0 Å². The van der Waals surface area contributed by atoms with Crippen LogP contribution < -0.4 is 10.1 Å². The van der Waals surface area contributed by atoms with Gasteiger partial charge in [-0.25, -0.2) is 4.98 Å². The lowest BCUT2D eigenvalue weighted by atomic mass is 10.1. The summed E-state index contributed by atoms with van der Waals surface area (Å²) in [5, 5.41) is 3.37. The highest BCUT2D eigenvalue weighted by Gasteiger charge is 2.09. The van der Waals surface area contributed by atoms with Crippen LogP contribution in [0, 0.1) is 6.92 Å². The molecule has 4 nitrogen and oxygen atoms in total. The SMILES string of the molecule is Cc1ccc(Oc2cnc(CNC(C)(C)C)cn2)c(Br)c1. The van der Waals surface area contributed by atoms with Crippen LogP contribution in [0.4, 0.5) is 0 Å². The van der Waals surface area contributed by atoms with E-state index in [0.717, 1.165) is 15.9 Å². The van der Waals surface area contributed by atoms with E-state index >= 15 is 0 Å². The zero-order valence-electron chi connectivity index (χ0n) is 12.8. The third-order valence-corrected chi connectivity index (χ3v) is 3.40. The molecule has 0 amide bonds. The highest BCUT2D eigenvalue weighted by molar-refractivity contribution is 9.10. The van der Waals surface area contributed by atoms with E-state index in [9.17, 15) is 0 Å². The first kappa shape index (κ1) is 15.9. The second-order valence-corrected chi connectivity index (χ2v) is 6.84. The molecular weight excluding hydrogens is 330 g/mol. The van der Waals surface area contributed by atoms with Gasteiger partial charge in [-0.05, 0) is 61.3 Å². The van der Waals surface area contributed by atoms with Crippen LogP contribution in [0.5, 0.6) is 11.6 Å². The van der Waals surface area contributed by atoms with Crippen molar-refractivity contribution in [2.24, 2.45) is 0 Å². The van der Waals surface area contributed by atoms with Crippen molar-refractivity contribution in [3.63, 3.8) is 0 Å². The van der Waals surface area contributed by atoms with Crippen molar-refractivity contribution < 1.29 is 4.74 Å². The normalized spacial score (nSPS) is 11.5. The Morgan fingerprint density at radius 3 is 2.52 bits per heavy atom. The van der Waals surface area contributed by atoms with Crippen molar-refractivity contribution >= 4 is 15.9 Å². The minimum Gasteiger partial charge on any atom is -0.436 e. The molecule has 0 atom stereocenters. The van der Waals surface area contributed by atoms with Crippen molar-refractivity contribution in [2.75, 3.05) is 0 Å². The van der Waals surface area contributed by atoms with Crippen molar-refractivity contribution in [3.05, 3.63) is 46.3 Å². The number of halogens is 1. The smallest absolute Gasteiger partial charge is 0.237 e. The largest absolute Gasteiger partial charge is 0.436 e. The number of hydrogen-bond acceptors (Lipinski definition) is 4. The van der Waals surface area contributed by atoms with E-state index < -0.39 is 0 Å². The summed E-state index contributed by atoms with van der Waals surface area (Å²) >= 11 is 3.48.